The van der Waals surface area contributed by atoms with Crippen LogP contribution >= 0.6 is 0 Å². The fourth-order valence-electron chi connectivity index (χ4n) is 9.48. The van der Waals surface area contributed by atoms with E-state index in [0.717, 1.165) is 17.1 Å². The molecule has 258 valence electrons. The molecule has 8 aromatic carbocycles. The number of benzene rings is 8. The predicted molar refractivity (Wildman–Crippen MR) is 227 cm³/mol. The van der Waals surface area contributed by atoms with Gasteiger partial charge in [-0.2, -0.15) is 0 Å². The van der Waals surface area contributed by atoms with Gasteiger partial charge >= 0.3 is 0 Å². The first-order valence-corrected chi connectivity index (χ1v) is 19.0. The van der Waals surface area contributed by atoms with Crippen LogP contribution in [0, 0.1) is 0 Å². The van der Waals surface area contributed by atoms with Crippen molar-refractivity contribution in [2.45, 2.75) is 31.6 Å². The monoisotopic (exact) mass is 691 g/mol. The van der Waals surface area contributed by atoms with Gasteiger partial charge in [0.15, 0.2) is 0 Å². The SMILES string of the molecule is CC1(C)c2ccccc2-c2cccc(-c3cccc(N(c4ccccc4)c4ccc(-c5ccc6c(c5)C(C)(c5ccccc5)c5ccccc5-6)cc4)c3)c21. The fraction of sp³-hybridized carbons (Fsp3) is 0.0943. The van der Waals surface area contributed by atoms with Crippen LogP contribution in [0.5, 0.6) is 0 Å². The van der Waals surface area contributed by atoms with Crippen molar-refractivity contribution < 1.29 is 0 Å². The van der Waals surface area contributed by atoms with E-state index in [4.69, 9.17) is 0 Å². The first-order chi connectivity index (χ1) is 26.4. The lowest BCUT2D eigenvalue weighted by Crippen LogP contribution is -2.22. The number of hydrogen-bond donors (Lipinski definition) is 0. The molecule has 10 rings (SSSR count). The Kier molecular flexibility index (Phi) is 7.35. The van der Waals surface area contributed by atoms with Gasteiger partial charge in [-0.15, -0.1) is 0 Å². The standard InChI is InChI=1S/C53H41N/c1-52(2)48-26-12-10-23-45(48)47-25-15-24-43(51(47)52)38-16-14-21-42(34-38)54(40-19-8-5-9-20-40)41-31-28-36(29-32-41)37-30-33-46-44-22-11-13-27-49(44)53(3,50(46)35-37)39-17-6-4-7-18-39/h4-35H,1-3H3. The molecule has 0 bridgehead atoms. The third-order valence-corrected chi connectivity index (χ3v) is 12.1. The maximum Gasteiger partial charge on any atom is 0.0467 e. The van der Waals surface area contributed by atoms with Crippen molar-refractivity contribution >= 4 is 17.1 Å². The summed E-state index contributed by atoms with van der Waals surface area (Å²) in [5.41, 5.74) is 20.2. The summed E-state index contributed by atoms with van der Waals surface area (Å²) < 4.78 is 0. The normalized spacial score (nSPS) is 15.9. The molecule has 1 atom stereocenters. The van der Waals surface area contributed by atoms with Crippen molar-refractivity contribution in [3.05, 3.63) is 222 Å². The van der Waals surface area contributed by atoms with Crippen LogP contribution in [0.3, 0.4) is 0 Å². The minimum Gasteiger partial charge on any atom is -0.310 e. The number of hydrogen-bond acceptors (Lipinski definition) is 1. The second-order valence-electron chi connectivity index (χ2n) is 15.5. The Morgan fingerprint density at radius 3 is 1.63 bits per heavy atom. The summed E-state index contributed by atoms with van der Waals surface area (Å²) in [6, 6.07) is 71.5. The minimum absolute atomic E-state index is 0.0909. The lowest BCUT2D eigenvalue weighted by molar-refractivity contribution is 0.662. The Bertz CT molecular complexity index is 2690. The molecule has 0 N–H and O–H groups in total. The van der Waals surface area contributed by atoms with Crippen LogP contribution in [0.15, 0.2) is 194 Å². The van der Waals surface area contributed by atoms with Gasteiger partial charge in [0.05, 0.1) is 0 Å². The molecule has 0 saturated heterocycles. The molecule has 0 saturated carbocycles. The van der Waals surface area contributed by atoms with Crippen molar-refractivity contribution in [1.82, 2.24) is 0 Å². The van der Waals surface area contributed by atoms with Crippen LogP contribution in [0.2, 0.25) is 0 Å². The molecule has 54 heavy (non-hydrogen) atoms. The first kappa shape index (κ1) is 32.2. The minimum atomic E-state index is -0.227. The van der Waals surface area contributed by atoms with Crippen LogP contribution < -0.4 is 4.90 Å². The highest BCUT2D eigenvalue weighted by atomic mass is 15.1. The van der Waals surface area contributed by atoms with E-state index in [0.29, 0.717) is 0 Å². The van der Waals surface area contributed by atoms with E-state index in [9.17, 15) is 0 Å². The first-order valence-electron chi connectivity index (χ1n) is 19.0. The van der Waals surface area contributed by atoms with Gasteiger partial charge in [0, 0.05) is 27.9 Å². The summed E-state index contributed by atoms with van der Waals surface area (Å²) in [5.74, 6) is 0. The molecule has 0 heterocycles. The highest BCUT2D eigenvalue weighted by Gasteiger charge is 2.41. The molecule has 0 aromatic heterocycles. The Labute approximate surface area is 318 Å². The lowest BCUT2D eigenvalue weighted by atomic mass is 9.74. The van der Waals surface area contributed by atoms with Crippen molar-refractivity contribution in [1.29, 1.82) is 0 Å². The highest BCUT2D eigenvalue weighted by molar-refractivity contribution is 5.90. The molecule has 8 aromatic rings. The lowest BCUT2D eigenvalue weighted by Gasteiger charge is -2.29. The van der Waals surface area contributed by atoms with Crippen LogP contribution in [0.1, 0.15) is 48.6 Å². The van der Waals surface area contributed by atoms with Gasteiger partial charge < -0.3 is 4.90 Å². The quantitative estimate of drug-likeness (QED) is 0.168. The van der Waals surface area contributed by atoms with Gasteiger partial charge in [0.25, 0.3) is 0 Å². The predicted octanol–water partition coefficient (Wildman–Crippen LogP) is 14.1. The molecule has 0 spiro atoms. The molecule has 2 aliphatic carbocycles. The van der Waals surface area contributed by atoms with E-state index in [1.165, 1.54) is 72.3 Å². The number of anilines is 3. The molecule has 2 aliphatic rings. The molecular formula is C53H41N. The summed E-state index contributed by atoms with van der Waals surface area (Å²) in [6.45, 7) is 7.12. The van der Waals surface area contributed by atoms with Crippen LogP contribution in [0.4, 0.5) is 17.1 Å². The molecule has 0 amide bonds. The van der Waals surface area contributed by atoms with Gasteiger partial charge in [-0.3, -0.25) is 0 Å². The molecule has 1 nitrogen and oxygen atoms in total. The van der Waals surface area contributed by atoms with Crippen LogP contribution in [-0.4, -0.2) is 0 Å². The second-order valence-corrected chi connectivity index (χ2v) is 15.5. The van der Waals surface area contributed by atoms with Crippen molar-refractivity contribution in [3.63, 3.8) is 0 Å². The summed E-state index contributed by atoms with van der Waals surface area (Å²) in [7, 11) is 0. The number of fused-ring (bicyclic) bond motifs is 6. The van der Waals surface area contributed by atoms with Crippen molar-refractivity contribution in [2.75, 3.05) is 4.90 Å². The Morgan fingerprint density at radius 1 is 0.333 bits per heavy atom. The van der Waals surface area contributed by atoms with Crippen LogP contribution in [-0.2, 0) is 10.8 Å². The van der Waals surface area contributed by atoms with Crippen molar-refractivity contribution in [2.24, 2.45) is 0 Å². The van der Waals surface area contributed by atoms with Gasteiger partial charge in [0.1, 0.15) is 0 Å². The third kappa shape index (κ3) is 4.85. The largest absolute Gasteiger partial charge is 0.310 e. The smallest absolute Gasteiger partial charge is 0.0467 e. The zero-order chi connectivity index (χ0) is 36.4. The molecular weight excluding hydrogens is 651 g/mol. The number of rotatable bonds is 6. The molecule has 0 fully saturated rings. The van der Waals surface area contributed by atoms with Gasteiger partial charge in [0.2, 0.25) is 0 Å². The fourth-order valence-corrected chi connectivity index (χ4v) is 9.48. The molecule has 1 heteroatoms. The Hall–Kier alpha value is -6.44. The number of para-hydroxylation sites is 1. The molecule has 0 aliphatic heterocycles. The Morgan fingerprint density at radius 2 is 0.870 bits per heavy atom. The zero-order valence-electron chi connectivity index (χ0n) is 30.9. The maximum atomic E-state index is 2.42. The summed E-state index contributed by atoms with van der Waals surface area (Å²) in [4.78, 5) is 2.38. The zero-order valence-corrected chi connectivity index (χ0v) is 30.9. The summed E-state index contributed by atoms with van der Waals surface area (Å²) in [6.07, 6.45) is 0. The average Bonchev–Trinajstić information content (AvgIpc) is 3.63. The van der Waals surface area contributed by atoms with Gasteiger partial charge in [-0.25, -0.2) is 0 Å². The van der Waals surface area contributed by atoms with E-state index in [-0.39, 0.29) is 10.8 Å². The maximum absolute atomic E-state index is 2.42. The highest BCUT2D eigenvalue weighted by Crippen LogP contribution is 2.54. The van der Waals surface area contributed by atoms with E-state index in [1.54, 1.807) is 0 Å². The Balaban J connectivity index is 1.05. The van der Waals surface area contributed by atoms with E-state index in [1.807, 2.05) is 0 Å². The van der Waals surface area contributed by atoms with Gasteiger partial charge in [-0.05, 0) is 122 Å². The van der Waals surface area contributed by atoms with Crippen molar-refractivity contribution in [3.8, 4) is 44.5 Å². The average molecular weight is 692 g/mol. The third-order valence-electron chi connectivity index (χ3n) is 12.1. The van der Waals surface area contributed by atoms with E-state index >= 15 is 0 Å². The summed E-state index contributed by atoms with van der Waals surface area (Å²) >= 11 is 0. The molecule has 1 unspecified atom stereocenters. The van der Waals surface area contributed by atoms with Crippen LogP contribution in [0.25, 0.3) is 44.5 Å². The topological polar surface area (TPSA) is 3.24 Å². The number of nitrogens with zero attached hydrogens (tertiary/aromatic N) is 1. The van der Waals surface area contributed by atoms with Gasteiger partial charge in [-0.1, -0.05) is 166 Å². The van der Waals surface area contributed by atoms with E-state index < -0.39 is 0 Å². The second kappa shape index (κ2) is 12.3. The summed E-state index contributed by atoms with van der Waals surface area (Å²) in [5, 5.41) is 0. The van der Waals surface area contributed by atoms with E-state index in [2.05, 4.69) is 220 Å². The molecule has 0 radical (unpaired) electrons.